The molecule has 0 aliphatic carbocycles. The van der Waals surface area contributed by atoms with Gasteiger partial charge in [-0.3, -0.25) is 0 Å². The van der Waals surface area contributed by atoms with Gasteiger partial charge in [-0.1, -0.05) is 151 Å². The molecule has 2 N–H and O–H groups in total. The van der Waals surface area contributed by atoms with Crippen LogP contribution in [0.3, 0.4) is 0 Å². The molecule has 0 spiro atoms. The molecule has 0 bridgehead atoms. The average molecular weight is 826 g/mol. The molecule has 0 unspecified atom stereocenters. The fourth-order valence-electron chi connectivity index (χ4n) is 6.28. The van der Waals surface area contributed by atoms with E-state index in [9.17, 15) is 0 Å². The van der Waals surface area contributed by atoms with Crippen molar-refractivity contribution in [3.63, 3.8) is 0 Å². The molecule has 6 nitrogen and oxygen atoms in total. The highest BCUT2D eigenvalue weighted by molar-refractivity contribution is 7.26. The molecular formula is C44H28BCl3N4O2S2. The van der Waals surface area contributed by atoms with E-state index in [1.54, 1.807) is 34.8 Å². The highest BCUT2D eigenvalue weighted by atomic mass is 35.5. The van der Waals surface area contributed by atoms with Crippen LogP contribution in [0.15, 0.2) is 158 Å². The van der Waals surface area contributed by atoms with Crippen molar-refractivity contribution in [1.82, 2.24) is 19.9 Å². The second-order valence-corrected chi connectivity index (χ2v) is 15.6. The summed E-state index contributed by atoms with van der Waals surface area (Å²) in [7, 11) is -1.41. The average Bonchev–Trinajstić information content (AvgIpc) is 3.80. The van der Waals surface area contributed by atoms with Crippen molar-refractivity contribution in [3.05, 3.63) is 173 Å². The van der Waals surface area contributed by atoms with E-state index in [4.69, 9.17) is 44.9 Å². The van der Waals surface area contributed by atoms with Gasteiger partial charge in [-0.2, -0.15) is 0 Å². The Morgan fingerprint density at radius 3 is 1.50 bits per heavy atom. The van der Waals surface area contributed by atoms with E-state index in [1.165, 1.54) is 10.3 Å². The number of benzene rings is 6. The van der Waals surface area contributed by atoms with Crippen LogP contribution in [0.2, 0.25) is 15.7 Å². The van der Waals surface area contributed by atoms with Crippen molar-refractivity contribution in [1.29, 1.82) is 0 Å². The molecule has 56 heavy (non-hydrogen) atoms. The van der Waals surface area contributed by atoms with Crippen LogP contribution in [0.5, 0.6) is 0 Å². The number of thiophene rings is 2. The lowest BCUT2D eigenvalue weighted by Gasteiger charge is -2.07. The van der Waals surface area contributed by atoms with Crippen LogP contribution in [-0.2, 0) is 0 Å². The van der Waals surface area contributed by atoms with Gasteiger partial charge in [-0.25, -0.2) is 19.9 Å². The van der Waals surface area contributed by atoms with Crippen molar-refractivity contribution >= 4 is 111 Å². The zero-order valence-electron chi connectivity index (χ0n) is 29.2. The monoisotopic (exact) mass is 824 g/mol. The maximum absolute atomic E-state index is 9.05. The number of aromatic nitrogens is 4. The molecule has 0 fully saturated rings. The van der Waals surface area contributed by atoms with Crippen molar-refractivity contribution in [3.8, 4) is 33.5 Å². The zero-order chi connectivity index (χ0) is 38.6. The van der Waals surface area contributed by atoms with Gasteiger partial charge in [-0.05, 0) is 69.1 Å². The highest BCUT2D eigenvalue weighted by Gasteiger charge is 2.16. The van der Waals surface area contributed by atoms with Crippen LogP contribution in [-0.4, -0.2) is 37.1 Å². The largest absolute Gasteiger partial charge is 0.488 e. The Balaban J connectivity index is 0.000000126. The van der Waals surface area contributed by atoms with E-state index in [0.717, 1.165) is 63.9 Å². The normalized spacial score (nSPS) is 10.9. The number of rotatable bonds is 4. The molecule has 10 rings (SSSR count). The van der Waals surface area contributed by atoms with Gasteiger partial charge in [0, 0.05) is 25.7 Å². The summed E-state index contributed by atoms with van der Waals surface area (Å²) < 4.78 is 4.30. The summed E-state index contributed by atoms with van der Waals surface area (Å²) in [5, 5.41) is 21.2. The minimum absolute atomic E-state index is 0.191. The minimum atomic E-state index is -1.41. The highest BCUT2D eigenvalue weighted by Crippen LogP contribution is 2.39. The third-order valence-electron chi connectivity index (χ3n) is 8.88. The summed E-state index contributed by atoms with van der Waals surface area (Å²) in [4.78, 5) is 17.2. The van der Waals surface area contributed by atoms with Crippen LogP contribution >= 0.6 is 57.5 Å². The van der Waals surface area contributed by atoms with Gasteiger partial charge in [0.15, 0.2) is 5.15 Å². The molecule has 6 aromatic carbocycles. The lowest BCUT2D eigenvalue weighted by Crippen LogP contribution is -2.29. The Hall–Kier alpha value is -5.23. The lowest BCUT2D eigenvalue weighted by atomic mass is 9.79. The standard InChI is InChI=1S/C22H13ClN2S.C12H11BO2.C10H4Cl2N2S/c23-22-24-19(21-20(25-22)17-11-4-5-12-18(17)26-21)16-10-6-9-15(13-16)14-7-2-1-3-8-14;14-13(15)12-8-4-7-11(9-12)10-5-2-1-3-6-10;11-9-8-7(13-10(12)14-9)5-3-1-2-4-6(5)15-8/h1-13H;1-9,14-15H;1-4H. The summed E-state index contributed by atoms with van der Waals surface area (Å²) >= 11 is 21.3. The van der Waals surface area contributed by atoms with Crippen LogP contribution in [0.1, 0.15) is 0 Å². The number of halogens is 3. The summed E-state index contributed by atoms with van der Waals surface area (Å²) in [6.45, 7) is 0. The number of nitrogens with zero attached hydrogens (tertiary/aromatic N) is 4. The van der Waals surface area contributed by atoms with Crippen molar-refractivity contribution in [2.24, 2.45) is 0 Å². The molecule has 4 heterocycles. The third kappa shape index (κ3) is 8.16. The fourth-order valence-corrected chi connectivity index (χ4v) is 9.12. The maximum Gasteiger partial charge on any atom is 0.488 e. The van der Waals surface area contributed by atoms with Crippen molar-refractivity contribution in [2.75, 3.05) is 0 Å². The van der Waals surface area contributed by atoms with Crippen LogP contribution in [0.25, 0.3) is 74.1 Å². The molecule has 12 heteroatoms. The SMILES string of the molecule is Clc1nc(-c2cccc(-c3ccccc3)c2)c2sc3ccccc3c2n1.Clc1nc(Cl)c2sc3ccccc3c2n1.OB(O)c1cccc(-c2ccccc2)c1. The van der Waals surface area contributed by atoms with Gasteiger partial charge in [0.05, 0.1) is 26.1 Å². The first-order valence-corrected chi connectivity index (χ1v) is 20.1. The predicted octanol–water partition coefficient (Wildman–Crippen LogP) is 12.0. The van der Waals surface area contributed by atoms with E-state index >= 15 is 0 Å². The Labute approximate surface area is 345 Å². The lowest BCUT2D eigenvalue weighted by molar-refractivity contribution is 0.426. The topological polar surface area (TPSA) is 92.0 Å². The van der Waals surface area contributed by atoms with Crippen molar-refractivity contribution in [2.45, 2.75) is 0 Å². The van der Waals surface area contributed by atoms with Gasteiger partial charge in [0.1, 0.15) is 0 Å². The molecule has 0 aliphatic rings. The molecule has 4 aromatic heterocycles. The van der Waals surface area contributed by atoms with Crippen LogP contribution < -0.4 is 5.46 Å². The quantitative estimate of drug-likeness (QED) is 0.104. The molecule has 0 saturated carbocycles. The molecule has 0 radical (unpaired) electrons. The van der Waals surface area contributed by atoms with E-state index < -0.39 is 7.12 Å². The first kappa shape index (κ1) is 37.7. The third-order valence-corrected chi connectivity index (χ3v) is 11.9. The predicted molar refractivity (Wildman–Crippen MR) is 237 cm³/mol. The number of hydrogen-bond acceptors (Lipinski definition) is 8. The zero-order valence-corrected chi connectivity index (χ0v) is 33.1. The van der Waals surface area contributed by atoms with E-state index in [2.05, 4.69) is 68.5 Å². The molecule has 272 valence electrons. The first-order chi connectivity index (χ1) is 27.3. The first-order valence-electron chi connectivity index (χ1n) is 17.3. The second kappa shape index (κ2) is 16.9. The van der Waals surface area contributed by atoms with Gasteiger partial charge in [0.2, 0.25) is 10.6 Å². The van der Waals surface area contributed by atoms with Crippen LogP contribution in [0, 0.1) is 0 Å². The van der Waals surface area contributed by atoms with Gasteiger partial charge in [-0.15, -0.1) is 22.7 Å². The van der Waals surface area contributed by atoms with E-state index in [1.807, 2.05) is 97.1 Å². The molecule has 0 saturated heterocycles. The Morgan fingerprint density at radius 1 is 0.429 bits per heavy atom. The summed E-state index contributed by atoms with van der Waals surface area (Å²) in [6.07, 6.45) is 0. The second-order valence-electron chi connectivity index (χ2n) is 12.5. The van der Waals surface area contributed by atoms with E-state index in [0.29, 0.717) is 10.6 Å². The molecule has 0 atom stereocenters. The van der Waals surface area contributed by atoms with Gasteiger partial charge < -0.3 is 10.0 Å². The van der Waals surface area contributed by atoms with Crippen LogP contribution in [0.4, 0.5) is 0 Å². The molecular weight excluding hydrogens is 798 g/mol. The Bertz CT molecular complexity index is 2960. The molecule has 10 aromatic rings. The summed E-state index contributed by atoms with van der Waals surface area (Å²) in [5.74, 6) is 0. The van der Waals surface area contributed by atoms with Crippen molar-refractivity contribution < 1.29 is 10.0 Å². The number of hydrogen-bond donors (Lipinski definition) is 2. The minimum Gasteiger partial charge on any atom is -0.423 e. The summed E-state index contributed by atoms with van der Waals surface area (Å²) in [5.41, 5.74) is 8.60. The smallest absolute Gasteiger partial charge is 0.423 e. The maximum atomic E-state index is 9.05. The molecule has 0 aliphatic heterocycles. The van der Waals surface area contributed by atoms with E-state index in [-0.39, 0.29) is 10.6 Å². The number of fused-ring (bicyclic) bond motifs is 6. The molecule has 0 amide bonds. The van der Waals surface area contributed by atoms with Gasteiger partial charge in [0.25, 0.3) is 0 Å². The van der Waals surface area contributed by atoms with Gasteiger partial charge >= 0.3 is 7.12 Å². The Kier molecular flexibility index (Phi) is 11.4. The Morgan fingerprint density at radius 2 is 0.893 bits per heavy atom. The fraction of sp³-hybridized carbons (Fsp3) is 0. The summed E-state index contributed by atoms with van der Waals surface area (Å²) in [6, 6.07) is 52.1.